The lowest BCUT2D eigenvalue weighted by Gasteiger charge is -2.10. The normalized spacial score (nSPS) is 11.4. The Bertz CT molecular complexity index is 609. The molecule has 0 amide bonds. The van der Waals surface area contributed by atoms with E-state index in [2.05, 4.69) is 5.16 Å². The Kier molecular flexibility index (Phi) is 5.21. The molecular weight excluding hydrogens is 266 g/mol. The minimum Gasteiger partial charge on any atom is -0.507 e. The number of hydrogen-bond acceptors (Lipinski definition) is 4. The van der Waals surface area contributed by atoms with E-state index in [1.165, 1.54) is 0 Å². The number of oxime groups is 1. The zero-order valence-corrected chi connectivity index (χ0v) is 12.0. The van der Waals surface area contributed by atoms with Gasteiger partial charge >= 0.3 is 0 Å². The van der Waals surface area contributed by atoms with E-state index in [1.54, 1.807) is 18.2 Å². The number of phenols is 1. The second-order valence-electron chi connectivity index (χ2n) is 4.75. The van der Waals surface area contributed by atoms with Crippen molar-refractivity contribution >= 4 is 5.71 Å². The van der Waals surface area contributed by atoms with Crippen LogP contribution in [0.25, 0.3) is 0 Å². The van der Waals surface area contributed by atoms with Gasteiger partial charge in [-0.1, -0.05) is 48.8 Å². The van der Waals surface area contributed by atoms with Gasteiger partial charge in [-0.3, -0.25) is 0 Å². The molecule has 0 radical (unpaired) electrons. The fraction of sp³-hybridized carbons (Fsp3) is 0.235. The van der Waals surface area contributed by atoms with E-state index in [-0.39, 0.29) is 5.75 Å². The highest BCUT2D eigenvalue weighted by molar-refractivity contribution is 6.02. The number of nitrogens with zero attached hydrogens (tertiary/aromatic N) is 1. The summed E-state index contributed by atoms with van der Waals surface area (Å²) in [4.78, 5) is 0. The highest BCUT2D eigenvalue weighted by atomic mass is 16.5. The van der Waals surface area contributed by atoms with Gasteiger partial charge < -0.3 is 15.1 Å². The SMILES string of the molecule is CCC/C(=N/O)c1ccc(OCc2ccccc2)cc1O. The molecule has 4 nitrogen and oxygen atoms in total. The van der Waals surface area contributed by atoms with Crippen molar-refractivity contribution in [2.45, 2.75) is 26.4 Å². The zero-order chi connectivity index (χ0) is 15.1. The number of aromatic hydroxyl groups is 1. The zero-order valence-electron chi connectivity index (χ0n) is 12.0. The van der Waals surface area contributed by atoms with Crippen LogP contribution < -0.4 is 4.74 Å². The van der Waals surface area contributed by atoms with Crippen LogP contribution in [0, 0.1) is 0 Å². The summed E-state index contributed by atoms with van der Waals surface area (Å²) in [5, 5.41) is 22.3. The van der Waals surface area contributed by atoms with E-state index in [0.29, 0.717) is 30.1 Å². The lowest BCUT2D eigenvalue weighted by molar-refractivity contribution is 0.304. The number of hydrogen-bond donors (Lipinski definition) is 2. The van der Waals surface area contributed by atoms with E-state index < -0.39 is 0 Å². The lowest BCUT2D eigenvalue weighted by atomic mass is 10.0. The average molecular weight is 285 g/mol. The summed E-state index contributed by atoms with van der Waals surface area (Å²) < 4.78 is 5.64. The minimum absolute atomic E-state index is 0.0572. The topological polar surface area (TPSA) is 62.1 Å². The molecule has 0 aliphatic rings. The molecule has 110 valence electrons. The average Bonchev–Trinajstić information content (AvgIpc) is 2.52. The molecule has 2 N–H and O–H groups in total. The van der Waals surface area contributed by atoms with Crippen LogP contribution in [0.3, 0.4) is 0 Å². The molecule has 0 saturated heterocycles. The fourth-order valence-electron chi connectivity index (χ4n) is 2.06. The fourth-order valence-corrected chi connectivity index (χ4v) is 2.06. The highest BCUT2D eigenvalue weighted by Gasteiger charge is 2.10. The Morgan fingerprint density at radius 1 is 1.14 bits per heavy atom. The van der Waals surface area contributed by atoms with Gasteiger partial charge in [0.25, 0.3) is 0 Å². The Balaban J connectivity index is 2.08. The number of benzene rings is 2. The molecule has 0 spiro atoms. The molecule has 2 aromatic rings. The van der Waals surface area contributed by atoms with Crippen molar-refractivity contribution in [2.24, 2.45) is 5.16 Å². The third-order valence-electron chi connectivity index (χ3n) is 3.14. The molecule has 0 saturated carbocycles. The maximum atomic E-state index is 10.0. The second kappa shape index (κ2) is 7.33. The van der Waals surface area contributed by atoms with E-state index in [1.807, 2.05) is 37.3 Å². The molecule has 0 fully saturated rings. The summed E-state index contributed by atoms with van der Waals surface area (Å²) in [7, 11) is 0. The van der Waals surface area contributed by atoms with Gasteiger partial charge in [-0.05, 0) is 24.1 Å². The van der Waals surface area contributed by atoms with Gasteiger partial charge in [-0.25, -0.2) is 0 Å². The molecule has 0 aliphatic heterocycles. The summed E-state index contributed by atoms with van der Waals surface area (Å²) in [6.45, 7) is 2.43. The van der Waals surface area contributed by atoms with Crippen molar-refractivity contribution in [3.8, 4) is 11.5 Å². The van der Waals surface area contributed by atoms with Gasteiger partial charge in [0.15, 0.2) is 0 Å². The molecule has 0 heterocycles. The van der Waals surface area contributed by atoms with Crippen molar-refractivity contribution in [1.29, 1.82) is 0 Å². The molecule has 21 heavy (non-hydrogen) atoms. The van der Waals surface area contributed by atoms with Crippen LogP contribution in [0.4, 0.5) is 0 Å². The molecular formula is C17H19NO3. The standard InChI is InChI=1S/C17H19NO3/c1-2-6-16(18-20)15-10-9-14(11-17(15)19)21-12-13-7-4-3-5-8-13/h3-5,7-11,19-20H,2,6,12H2,1H3/b18-16-. The van der Waals surface area contributed by atoms with Crippen molar-refractivity contribution in [3.05, 3.63) is 59.7 Å². The predicted molar refractivity (Wildman–Crippen MR) is 82.1 cm³/mol. The van der Waals surface area contributed by atoms with Gasteiger partial charge in [0.05, 0.1) is 5.71 Å². The van der Waals surface area contributed by atoms with Crippen LogP contribution in [0.2, 0.25) is 0 Å². The third kappa shape index (κ3) is 3.99. The molecule has 0 unspecified atom stereocenters. The van der Waals surface area contributed by atoms with Crippen LogP contribution in [0.15, 0.2) is 53.7 Å². The monoisotopic (exact) mass is 285 g/mol. The molecule has 2 aromatic carbocycles. The van der Waals surface area contributed by atoms with E-state index in [9.17, 15) is 5.11 Å². The Morgan fingerprint density at radius 2 is 1.90 bits per heavy atom. The summed E-state index contributed by atoms with van der Waals surface area (Å²) >= 11 is 0. The van der Waals surface area contributed by atoms with Crippen LogP contribution >= 0.6 is 0 Å². The number of rotatable bonds is 6. The maximum absolute atomic E-state index is 10.0. The molecule has 0 atom stereocenters. The van der Waals surface area contributed by atoms with Crippen molar-refractivity contribution in [2.75, 3.05) is 0 Å². The molecule has 0 aromatic heterocycles. The predicted octanol–water partition coefficient (Wildman–Crippen LogP) is 3.95. The quantitative estimate of drug-likeness (QED) is 0.480. The summed E-state index contributed by atoms with van der Waals surface area (Å²) in [5.74, 6) is 0.635. The first-order valence-electron chi connectivity index (χ1n) is 6.95. The van der Waals surface area contributed by atoms with Gasteiger partial charge in [-0.2, -0.15) is 0 Å². The third-order valence-corrected chi connectivity index (χ3v) is 3.14. The first kappa shape index (κ1) is 14.9. The van der Waals surface area contributed by atoms with Gasteiger partial charge in [0, 0.05) is 11.6 Å². The molecule has 2 rings (SSSR count). The largest absolute Gasteiger partial charge is 0.507 e. The van der Waals surface area contributed by atoms with Crippen LogP contribution in [-0.2, 0) is 6.61 Å². The Labute approximate surface area is 124 Å². The van der Waals surface area contributed by atoms with E-state index in [0.717, 1.165) is 12.0 Å². The smallest absolute Gasteiger partial charge is 0.128 e. The van der Waals surface area contributed by atoms with Gasteiger partial charge in [-0.15, -0.1) is 0 Å². The van der Waals surface area contributed by atoms with Crippen molar-refractivity contribution < 1.29 is 15.1 Å². The van der Waals surface area contributed by atoms with E-state index in [4.69, 9.17) is 9.94 Å². The summed E-state index contributed by atoms with van der Waals surface area (Å²) in [5.41, 5.74) is 2.07. The van der Waals surface area contributed by atoms with Crippen LogP contribution in [0.1, 0.15) is 30.9 Å². The molecule has 0 aliphatic carbocycles. The maximum Gasteiger partial charge on any atom is 0.128 e. The first-order chi connectivity index (χ1) is 10.2. The summed E-state index contributed by atoms with van der Waals surface area (Å²) in [6, 6.07) is 14.8. The first-order valence-corrected chi connectivity index (χ1v) is 6.95. The van der Waals surface area contributed by atoms with Crippen molar-refractivity contribution in [3.63, 3.8) is 0 Å². The van der Waals surface area contributed by atoms with Crippen LogP contribution in [0.5, 0.6) is 11.5 Å². The van der Waals surface area contributed by atoms with Gasteiger partial charge in [0.2, 0.25) is 0 Å². The Morgan fingerprint density at radius 3 is 2.52 bits per heavy atom. The Hall–Kier alpha value is -2.49. The number of ether oxygens (including phenoxy) is 1. The summed E-state index contributed by atoms with van der Waals surface area (Å²) in [6.07, 6.45) is 1.44. The highest BCUT2D eigenvalue weighted by Crippen LogP contribution is 2.26. The molecule has 0 bridgehead atoms. The van der Waals surface area contributed by atoms with Crippen LogP contribution in [-0.4, -0.2) is 16.0 Å². The number of phenolic OH excluding ortho intramolecular Hbond substituents is 1. The van der Waals surface area contributed by atoms with Gasteiger partial charge in [0.1, 0.15) is 18.1 Å². The second-order valence-corrected chi connectivity index (χ2v) is 4.75. The molecule has 4 heteroatoms. The van der Waals surface area contributed by atoms with E-state index >= 15 is 0 Å². The minimum atomic E-state index is 0.0572. The van der Waals surface area contributed by atoms with Crippen molar-refractivity contribution in [1.82, 2.24) is 0 Å². The lowest BCUT2D eigenvalue weighted by Crippen LogP contribution is -2.02.